The molecule has 0 unspecified atom stereocenters. The van der Waals surface area contributed by atoms with E-state index in [1.54, 1.807) is 0 Å². The summed E-state index contributed by atoms with van der Waals surface area (Å²) in [6, 6.07) is 8.57. The molecular weight excluding hydrogens is 290 g/mol. The molecule has 1 heterocycles. The molecule has 0 amide bonds. The molecule has 4 heteroatoms. The van der Waals surface area contributed by atoms with Gasteiger partial charge in [0, 0.05) is 30.0 Å². The van der Waals surface area contributed by atoms with Crippen LogP contribution in [0, 0.1) is 0 Å². The van der Waals surface area contributed by atoms with Gasteiger partial charge in [0.05, 0.1) is 6.54 Å². The first-order valence-corrected chi connectivity index (χ1v) is 7.25. The van der Waals surface area contributed by atoms with Gasteiger partial charge in [0.2, 0.25) is 0 Å². The summed E-state index contributed by atoms with van der Waals surface area (Å²) in [4.78, 5) is 6.67. The van der Waals surface area contributed by atoms with Gasteiger partial charge in [-0.3, -0.25) is 4.99 Å². The molecule has 1 aliphatic carbocycles. The Bertz CT molecular complexity index is 480. The predicted octanol–water partition coefficient (Wildman–Crippen LogP) is 2.37. The lowest BCUT2D eigenvalue weighted by atomic mass is 9.96. The van der Waals surface area contributed by atoms with E-state index in [1.165, 1.54) is 22.9 Å². The Balaban J connectivity index is 1.71. The first-order valence-electron chi connectivity index (χ1n) is 6.46. The highest BCUT2D eigenvalue weighted by Crippen LogP contribution is 2.49. The molecule has 96 valence electrons. The van der Waals surface area contributed by atoms with Crippen LogP contribution in [-0.4, -0.2) is 37.5 Å². The summed E-state index contributed by atoms with van der Waals surface area (Å²) in [5.74, 6) is 1.05. The van der Waals surface area contributed by atoms with Gasteiger partial charge in [-0.1, -0.05) is 34.1 Å². The van der Waals surface area contributed by atoms with Crippen LogP contribution in [-0.2, 0) is 5.41 Å². The van der Waals surface area contributed by atoms with Crippen LogP contribution in [0.1, 0.15) is 18.4 Å². The fourth-order valence-electron chi connectivity index (χ4n) is 2.56. The minimum absolute atomic E-state index is 0.312. The summed E-state index contributed by atoms with van der Waals surface area (Å²) in [6.07, 6.45) is 2.53. The number of hydrogen-bond donors (Lipinski definition) is 1. The molecule has 0 bridgehead atoms. The number of benzene rings is 1. The van der Waals surface area contributed by atoms with Crippen molar-refractivity contribution in [2.45, 2.75) is 18.3 Å². The number of likely N-dealkylation sites (N-methyl/N-ethyl adjacent to an activating group) is 1. The van der Waals surface area contributed by atoms with E-state index < -0.39 is 0 Å². The van der Waals surface area contributed by atoms with Gasteiger partial charge in [-0.05, 0) is 24.5 Å². The standard InChI is InChI=1S/C14H18BrN3/c1-18-9-8-16-13(18)17-10-14(6-7-14)11-4-2-3-5-12(11)15/h2-5H,6-10H2,1H3,(H,16,17). The third-order valence-electron chi connectivity index (χ3n) is 3.94. The first-order chi connectivity index (χ1) is 8.71. The van der Waals surface area contributed by atoms with E-state index in [0.29, 0.717) is 5.41 Å². The van der Waals surface area contributed by atoms with E-state index in [4.69, 9.17) is 0 Å². The zero-order valence-corrected chi connectivity index (χ0v) is 12.2. The Hall–Kier alpha value is -1.03. The number of halogens is 1. The van der Waals surface area contributed by atoms with Gasteiger partial charge in [-0.15, -0.1) is 0 Å². The molecule has 0 spiro atoms. The number of hydrogen-bond acceptors (Lipinski definition) is 3. The largest absolute Gasteiger partial charge is 0.355 e. The van der Waals surface area contributed by atoms with Crippen LogP contribution in [0.4, 0.5) is 0 Å². The smallest absolute Gasteiger partial charge is 0.193 e. The van der Waals surface area contributed by atoms with Crippen LogP contribution in [0.5, 0.6) is 0 Å². The van der Waals surface area contributed by atoms with E-state index in [0.717, 1.165) is 25.6 Å². The topological polar surface area (TPSA) is 27.6 Å². The molecule has 1 N–H and O–H groups in total. The molecule has 0 aromatic heterocycles. The fraction of sp³-hybridized carbons (Fsp3) is 0.500. The number of aliphatic imine (C=N–C) groups is 1. The zero-order valence-electron chi connectivity index (χ0n) is 10.6. The molecule has 1 fully saturated rings. The Morgan fingerprint density at radius 3 is 2.78 bits per heavy atom. The van der Waals surface area contributed by atoms with Gasteiger partial charge >= 0.3 is 0 Å². The predicted molar refractivity (Wildman–Crippen MR) is 78.0 cm³/mol. The van der Waals surface area contributed by atoms with Gasteiger partial charge in [0.1, 0.15) is 0 Å². The van der Waals surface area contributed by atoms with Crippen molar-refractivity contribution in [3.63, 3.8) is 0 Å². The van der Waals surface area contributed by atoms with Gasteiger partial charge in [0.25, 0.3) is 0 Å². The Morgan fingerprint density at radius 1 is 1.39 bits per heavy atom. The average Bonchev–Trinajstić information content (AvgIpc) is 3.05. The summed E-state index contributed by atoms with van der Waals surface area (Å²) >= 11 is 3.67. The number of nitrogens with one attached hydrogen (secondary N) is 1. The normalized spacial score (nSPS) is 20.8. The van der Waals surface area contributed by atoms with Gasteiger partial charge in [-0.2, -0.15) is 0 Å². The summed E-state index contributed by atoms with van der Waals surface area (Å²) < 4.78 is 1.23. The molecule has 2 aliphatic rings. The van der Waals surface area contributed by atoms with Crippen LogP contribution in [0.2, 0.25) is 0 Å². The second kappa shape index (κ2) is 4.57. The highest BCUT2D eigenvalue weighted by atomic mass is 79.9. The van der Waals surface area contributed by atoms with Crippen LogP contribution >= 0.6 is 15.9 Å². The number of guanidine groups is 1. The maximum absolute atomic E-state index is 4.48. The van der Waals surface area contributed by atoms with Crippen molar-refractivity contribution >= 4 is 21.9 Å². The molecule has 3 rings (SSSR count). The highest BCUT2D eigenvalue weighted by Gasteiger charge is 2.45. The van der Waals surface area contributed by atoms with Crippen LogP contribution in [0.3, 0.4) is 0 Å². The molecule has 3 nitrogen and oxygen atoms in total. The van der Waals surface area contributed by atoms with Gasteiger partial charge < -0.3 is 10.2 Å². The summed E-state index contributed by atoms with van der Waals surface area (Å²) in [5.41, 5.74) is 1.74. The van der Waals surface area contributed by atoms with Crippen molar-refractivity contribution in [2.24, 2.45) is 4.99 Å². The highest BCUT2D eigenvalue weighted by molar-refractivity contribution is 9.10. The zero-order chi connectivity index (χ0) is 12.6. The lowest BCUT2D eigenvalue weighted by molar-refractivity contribution is 0.523. The average molecular weight is 308 g/mol. The number of nitrogens with zero attached hydrogens (tertiary/aromatic N) is 2. The second-order valence-electron chi connectivity index (χ2n) is 5.24. The lowest BCUT2D eigenvalue weighted by Gasteiger charge is -2.21. The molecule has 1 aliphatic heterocycles. The molecule has 0 radical (unpaired) electrons. The Labute approximate surface area is 116 Å². The minimum atomic E-state index is 0.312. The quantitative estimate of drug-likeness (QED) is 0.928. The molecule has 1 aromatic carbocycles. The molecule has 0 saturated heterocycles. The van der Waals surface area contributed by atoms with Crippen molar-refractivity contribution in [1.82, 2.24) is 10.2 Å². The number of rotatable bonds is 3. The van der Waals surface area contributed by atoms with Gasteiger partial charge in [-0.25, -0.2) is 0 Å². The van der Waals surface area contributed by atoms with Crippen LogP contribution < -0.4 is 5.32 Å². The first kappa shape index (κ1) is 12.0. The SMILES string of the molecule is CN1CCN=C1NCC1(c2ccccc2Br)CC1. The Kier molecular flexibility index (Phi) is 3.06. The van der Waals surface area contributed by atoms with Crippen LogP contribution in [0.25, 0.3) is 0 Å². The van der Waals surface area contributed by atoms with Crippen molar-refractivity contribution < 1.29 is 0 Å². The summed E-state index contributed by atoms with van der Waals surface area (Å²) in [6.45, 7) is 2.93. The lowest BCUT2D eigenvalue weighted by Crippen LogP contribution is -2.39. The van der Waals surface area contributed by atoms with Crippen molar-refractivity contribution in [1.29, 1.82) is 0 Å². The molecule has 1 aromatic rings. The third kappa shape index (κ3) is 2.14. The fourth-order valence-corrected chi connectivity index (χ4v) is 3.26. The van der Waals surface area contributed by atoms with E-state index in [1.807, 2.05) is 0 Å². The molecule has 1 saturated carbocycles. The maximum atomic E-state index is 4.48. The van der Waals surface area contributed by atoms with E-state index >= 15 is 0 Å². The minimum Gasteiger partial charge on any atom is -0.355 e. The van der Waals surface area contributed by atoms with Crippen molar-refractivity contribution in [3.05, 3.63) is 34.3 Å². The van der Waals surface area contributed by atoms with Crippen molar-refractivity contribution in [3.8, 4) is 0 Å². The van der Waals surface area contributed by atoms with Crippen molar-refractivity contribution in [2.75, 3.05) is 26.7 Å². The summed E-state index contributed by atoms with van der Waals surface area (Å²) in [5, 5.41) is 3.51. The van der Waals surface area contributed by atoms with Gasteiger partial charge in [0.15, 0.2) is 5.96 Å². The van der Waals surface area contributed by atoms with E-state index in [9.17, 15) is 0 Å². The van der Waals surface area contributed by atoms with Crippen LogP contribution in [0.15, 0.2) is 33.7 Å². The monoisotopic (exact) mass is 307 g/mol. The molecular formula is C14H18BrN3. The van der Waals surface area contributed by atoms with E-state index in [2.05, 4.69) is 62.5 Å². The maximum Gasteiger partial charge on any atom is 0.193 e. The Morgan fingerprint density at radius 2 is 2.17 bits per heavy atom. The summed E-state index contributed by atoms with van der Waals surface area (Å²) in [7, 11) is 2.09. The second-order valence-corrected chi connectivity index (χ2v) is 6.09. The molecule has 0 atom stereocenters. The van der Waals surface area contributed by atoms with E-state index in [-0.39, 0.29) is 0 Å². The third-order valence-corrected chi connectivity index (χ3v) is 4.63. The molecule has 18 heavy (non-hydrogen) atoms.